The number of hydrogen-bond acceptors (Lipinski definition) is 5. The van der Waals surface area contributed by atoms with E-state index in [9.17, 15) is 14.4 Å². The molecule has 0 radical (unpaired) electrons. The van der Waals surface area contributed by atoms with Crippen molar-refractivity contribution >= 4 is 34.8 Å². The molecule has 8 nitrogen and oxygen atoms in total. The highest BCUT2D eigenvalue weighted by atomic mass is 16.5. The van der Waals surface area contributed by atoms with Gasteiger partial charge in [0, 0.05) is 42.2 Å². The van der Waals surface area contributed by atoms with E-state index < -0.39 is 0 Å². The molecule has 1 saturated heterocycles. The minimum Gasteiger partial charge on any atom is -0.376 e. The van der Waals surface area contributed by atoms with Gasteiger partial charge in [-0.2, -0.15) is 0 Å². The highest BCUT2D eigenvalue weighted by Gasteiger charge is 2.17. The first-order valence-corrected chi connectivity index (χ1v) is 10.5. The second-order valence-electron chi connectivity index (χ2n) is 7.31. The topological polar surface area (TPSA) is 109 Å². The summed E-state index contributed by atoms with van der Waals surface area (Å²) >= 11 is 0. The fraction of sp³-hybridized carbons (Fsp3) is 0.348. The normalized spacial score (nSPS) is 15.2. The van der Waals surface area contributed by atoms with Crippen molar-refractivity contribution in [3.8, 4) is 0 Å². The third kappa shape index (κ3) is 7.11. The summed E-state index contributed by atoms with van der Waals surface area (Å²) < 4.78 is 5.51. The predicted molar refractivity (Wildman–Crippen MR) is 120 cm³/mol. The number of benzene rings is 2. The van der Waals surface area contributed by atoms with Crippen LogP contribution in [0.5, 0.6) is 0 Å². The summed E-state index contributed by atoms with van der Waals surface area (Å²) in [5, 5.41) is 11.5. The molecule has 1 aliphatic rings. The Balaban J connectivity index is 1.49. The first-order chi connectivity index (χ1) is 15.0. The highest BCUT2D eigenvalue weighted by Crippen LogP contribution is 2.16. The van der Waals surface area contributed by atoms with E-state index in [1.807, 2.05) is 6.07 Å². The van der Waals surface area contributed by atoms with Crippen molar-refractivity contribution in [2.45, 2.75) is 32.3 Å². The van der Waals surface area contributed by atoms with E-state index in [2.05, 4.69) is 21.3 Å². The van der Waals surface area contributed by atoms with E-state index >= 15 is 0 Å². The van der Waals surface area contributed by atoms with E-state index in [0.717, 1.165) is 19.4 Å². The molecule has 0 aliphatic carbocycles. The van der Waals surface area contributed by atoms with Crippen LogP contribution in [0.2, 0.25) is 0 Å². The van der Waals surface area contributed by atoms with Gasteiger partial charge >= 0.3 is 0 Å². The van der Waals surface area contributed by atoms with Crippen molar-refractivity contribution in [2.75, 3.05) is 35.6 Å². The van der Waals surface area contributed by atoms with Crippen LogP contribution in [0.1, 0.15) is 36.5 Å². The van der Waals surface area contributed by atoms with Crippen molar-refractivity contribution in [1.29, 1.82) is 0 Å². The molecule has 0 aromatic heterocycles. The Morgan fingerprint density at radius 3 is 2.42 bits per heavy atom. The molecule has 1 fully saturated rings. The Morgan fingerprint density at radius 2 is 1.68 bits per heavy atom. The maximum Gasteiger partial charge on any atom is 0.251 e. The van der Waals surface area contributed by atoms with Gasteiger partial charge in [-0.05, 0) is 49.2 Å². The molecule has 1 atom stereocenters. The average Bonchev–Trinajstić information content (AvgIpc) is 3.30. The molecule has 0 saturated carbocycles. The minimum atomic E-state index is -0.250. The Bertz CT molecular complexity index is 925. The summed E-state index contributed by atoms with van der Waals surface area (Å²) in [5.74, 6) is -0.523. The molecule has 3 amide bonds. The molecular weight excluding hydrogens is 396 g/mol. The predicted octanol–water partition coefficient (Wildman–Crippen LogP) is 2.99. The van der Waals surface area contributed by atoms with E-state index in [-0.39, 0.29) is 30.4 Å². The van der Waals surface area contributed by atoms with Crippen LogP contribution in [0, 0.1) is 0 Å². The molecule has 4 N–H and O–H groups in total. The number of carbonyl (C=O) groups excluding carboxylic acids is 3. The second-order valence-corrected chi connectivity index (χ2v) is 7.31. The lowest BCUT2D eigenvalue weighted by atomic mass is 10.1. The Kier molecular flexibility index (Phi) is 8.00. The highest BCUT2D eigenvalue weighted by molar-refractivity contribution is 5.98. The number of hydrogen-bond donors (Lipinski definition) is 4. The number of anilines is 3. The molecular formula is C23H28N4O4. The minimum absolute atomic E-state index is 0.0423. The molecule has 0 bridgehead atoms. The second kappa shape index (κ2) is 11.1. The summed E-state index contributed by atoms with van der Waals surface area (Å²) in [5.41, 5.74) is 2.40. The van der Waals surface area contributed by atoms with Crippen molar-refractivity contribution in [3.63, 3.8) is 0 Å². The van der Waals surface area contributed by atoms with Gasteiger partial charge in [-0.3, -0.25) is 14.4 Å². The van der Waals surface area contributed by atoms with Crippen LogP contribution in [0.4, 0.5) is 17.1 Å². The molecule has 8 heteroatoms. The fourth-order valence-electron chi connectivity index (χ4n) is 3.20. The van der Waals surface area contributed by atoms with Crippen molar-refractivity contribution in [1.82, 2.24) is 5.32 Å². The quantitative estimate of drug-likeness (QED) is 0.495. The van der Waals surface area contributed by atoms with Gasteiger partial charge in [-0.15, -0.1) is 0 Å². The summed E-state index contributed by atoms with van der Waals surface area (Å²) in [6, 6.07) is 14.0. The molecule has 3 rings (SSSR count). The smallest absolute Gasteiger partial charge is 0.251 e. The van der Waals surface area contributed by atoms with E-state index in [1.165, 1.54) is 0 Å². The Labute approximate surface area is 181 Å². The van der Waals surface area contributed by atoms with Crippen LogP contribution < -0.4 is 21.3 Å². The summed E-state index contributed by atoms with van der Waals surface area (Å²) in [6.45, 7) is 3.05. The molecule has 1 unspecified atom stereocenters. The van der Waals surface area contributed by atoms with Crippen LogP contribution in [0.15, 0.2) is 48.5 Å². The molecule has 2 aromatic rings. The van der Waals surface area contributed by atoms with Gasteiger partial charge in [0.25, 0.3) is 5.91 Å². The third-order valence-corrected chi connectivity index (χ3v) is 4.84. The van der Waals surface area contributed by atoms with Crippen molar-refractivity contribution < 1.29 is 19.1 Å². The summed E-state index contributed by atoms with van der Waals surface area (Å²) in [4.78, 5) is 36.2. The van der Waals surface area contributed by atoms with Gasteiger partial charge in [-0.1, -0.05) is 19.1 Å². The average molecular weight is 425 g/mol. The number of ether oxygens (including phenoxy) is 1. The van der Waals surface area contributed by atoms with E-state index in [4.69, 9.17) is 4.74 Å². The van der Waals surface area contributed by atoms with Crippen LogP contribution in [-0.4, -0.2) is 43.5 Å². The van der Waals surface area contributed by atoms with Crippen molar-refractivity contribution in [3.05, 3.63) is 54.1 Å². The van der Waals surface area contributed by atoms with Gasteiger partial charge in [-0.25, -0.2) is 0 Å². The lowest BCUT2D eigenvalue weighted by Gasteiger charge is -2.12. The summed E-state index contributed by atoms with van der Waals surface area (Å²) in [6.07, 6.45) is 2.45. The largest absolute Gasteiger partial charge is 0.376 e. The summed E-state index contributed by atoms with van der Waals surface area (Å²) in [7, 11) is 0. The number of rotatable bonds is 9. The zero-order valence-corrected chi connectivity index (χ0v) is 17.6. The SMILES string of the molecule is CCC(=O)Nc1cccc(NCC(=O)Nc2cccc(C(=O)NCC3CCCO3)c2)c1. The van der Waals surface area contributed by atoms with Crippen LogP contribution in [0.3, 0.4) is 0 Å². The number of carbonyl (C=O) groups is 3. The van der Waals surface area contributed by atoms with Gasteiger partial charge in [0.2, 0.25) is 11.8 Å². The Morgan fingerprint density at radius 1 is 0.968 bits per heavy atom. The number of nitrogens with one attached hydrogen (secondary N) is 4. The van der Waals surface area contributed by atoms with Crippen LogP contribution in [0.25, 0.3) is 0 Å². The first kappa shape index (κ1) is 22.3. The van der Waals surface area contributed by atoms with Crippen LogP contribution in [-0.2, 0) is 14.3 Å². The van der Waals surface area contributed by atoms with Gasteiger partial charge in [0.05, 0.1) is 12.6 Å². The van der Waals surface area contributed by atoms with Gasteiger partial charge in [0.15, 0.2) is 0 Å². The standard InChI is InChI=1S/C23H28N4O4/c1-2-21(28)26-19-9-4-7-17(13-19)24-15-22(29)27-18-8-3-6-16(12-18)23(30)25-14-20-10-5-11-31-20/h3-4,6-9,12-13,20,24H,2,5,10-11,14-15H2,1H3,(H,25,30)(H,26,28)(H,27,29). The zero-order chi connectivity index (χ0) is 22.1. The maximum absolute atomic E-state index is 12.4. The molecule has 164 valence electrons. The lowest BCUT2D eigenvalue weighted by Crippen LogP contribution is -2.31. The Hall–Kier alpha value is -3.39. The zero-order valence-electron chi connectivity index (χ0n) is 17.6. The van der Waals surface area contributed by atoms with E-state index in [1.54, 1.807) is 49.4 Å². The molecule has 1 aliphatic heterocycles. The molecule has 1 heterocycles. The number of amides is 3. The van der Waals surface area contributed by atoms with Crippen molar-refractivity contribution in [2.24, 2.45) is 0 Å². The fourth-order valence-corrected chi connectivity index (χ4v) is 3.20. The van der Waals surface area contributed by atoms with Crippen LogP contribution >= 0.6 is 0 Å². The van der Waals surface area contributed by atoms with Gasteiger partial charge < -0.3 is 26.0 Å². The molecule has 0 spiro atoms. The monoisotopic (exact) mass is 424 g/mol. The maximum atomic E-state index is 12.4. The first-order valence-electron chi connectivity index (χ1n) is 10.5. The molecule has 31 heavy (non-hydrogen) atoms. The lowest BCUT2D eigenvalue weighted by molar-refractivity contribution is -0.116. The van der Waals surface area contributed by atoms with E-state index in [0.29, 0.717) is 35.6 Å². The van der Waals surface area contributed by atoms with Gasteiger partial charge in [0.1, 0.15) is 0 Å². The third-order valence-electron chi connectivity index (χ3n) is 4.84. The molecule has 2 aromatic carbocycles.